The van der Waals surface area contributed by atoms with Gasteiger partial charge in [0.15, 0.2) is 5.82 Å². The van der Waals surface area contributed by atoms with Gasteiger partial charge >= 0.3 is 0 Å². The van der Waals surface area contributed by atoms with Crippen molar-refractivity contribution in [1.29, 1.82) is 0 Å². The molecule has 1 fully saturated rings. The maximum Gasteiger partial charge on any atom is 0.179 e. The maximum absolute atomic E-state index is 13.4. The molecule has 2 aromatic carbocycles. The van der Waals surface area contributed by atoms with Gasteiger partial charge in [-0.25, -0.2) is 14.1 Å². The SMILES string of the molecule is C/C(CO)=N/C[C@@H]1CCN(c2ccc3c(c2)Cn2cc(-c4ccc(F)cc4)cc2-c2ncnn2-3)C1. The lowest BCUT2D eigenvalue weighted by Crippen LogP contribution is -2.21. The number of benzene rings is 2. The Morgan fingerprint density at radius 3 is 2.83 bits per heavy atom. The van der Waals surface area contributed by atoms with Gasteiger partial charge in [0.05, 0.1) is 18.0 Å². The van der Waals surface area contributed by atoms with E-state index in [1.54, 1.807) is 18.5 Å². The predicted molar refractivity (Wildman–Crippen MR) is 135 cm³/mol. The first-order valence-electron chi connectivity index (χ1n) is 11.9. The minimum atomic E-state index is -0.241. The van der Waals surface area contributed by atoms with Crippen LogP contribution in [-0.4, -0.2) is 56.4 Å². The zero-order valence-corrected chi connectivity index (χ0v) is 19.6. The molecule has 1 saturated heterocycles. The van der Waals surface area contributed by atoms with Crippen molar-refractivity contribution in [1.82, 2.24) is 19.3 Å². The summed E-state index contributed by atoms with van der Waals surface area (Å²) in [5, 5.41) is 13.7. The summed E-state index contributed by atoms with van der Waals surface area (Å²) in [5.41, 5.74) is 7.17. The van der Waals surface area contributed by atoms with E-state index in [2.05, 4.69) is 55.0 Å². The number of nitrogens with zero attached hydrogens (tertiary/aromatic N) is 6. The van der Waals surface area contributed by atoms with E-state index < -0.39 is 0 Å². The summed E-state index contributed by atoms with van der Waals surface area (Å²) in [7, 11) is 0. The Hall–Kier alpha value is -3.78. The molecule has 2 aliphatic rings. The fourth-order valence-electron chi connectivity index (χ4n) is 5.06. The van der Waals surface area contributed by atoms with E-state index in [9.17, 15) is 9.50 Å². The third-order valence-corrected chi connectivity index (χ3v) is 6.98. The second-order valence-corrected chi connectivity index (χ2v) is 9.39. The van der Waals surface area contributed by atoms with Crippen LogP contribution in [0.1, 0.15) is 18.9 Å². The Bertz CT molecular complexity index is 1400. The third-order valence-electron chi connectivity index (χ3n) is 6.98. The van der Waals surface area contributed by atoms with Gasteiger partial charge in [-0.05, 0) is 66.8 Å². The van der Waals surface area contributed by atoms with Crippen LogP contribution < -0.4 is 4.90 Å². The molecule has 0 unspecified atom stereocenters. The summed E-state index contributed by atoms with van der Waals surface area (Å²) in [5.74, 6) is 1.05. The normalized spacial score (nSPS) is 17.2. The maximum atomic E-state index is 13.4. The molecule has 0 saturated carbocycles. The highest BCUT2D eigenvalue weighted by atomic mass is 19.1. The summed E-state index contributed by atoms with van der Waals surface area (Å²) in [4.78, 5) is 11.5. The topological polar surface area (TPSA) is 71.5 Å². The first-order chi connectivity index (χ1) is 17.1. The number of fused-ring (bicyclic) bond motifs is 5. The number of aliphatic hydroxyl groups is 1. The molecule has 0 spiro atoms. The van der Waals surface area contributed by atoms with Gasteiger partial charge in [0.2, 0.25) is 0 Å². The largest absolute Gasteiger partial charge is 0.390 e. The fourth-order valence-corrected chi connectivity index (χ4v) is 5.06. The van der Waals surface area contributed by atoms with E-state index in [0.29, 0.717) is 12.5 Å². The molecule has 0 amide bonds. The number of aliphatic imine (C=N–C) groups is 1. The van der Waals surface area contributed by atoms with Crippen molar-refractivity contribution < 1.29 is 9.50 Å². The Balaban J connectivity index is 1.32. The first-order valence-corrected chi connectivity index (χ1v) is 11.9. The van der Waals surface area contributed by atoms with Crippen molar-refractivity contribution in [3.05, 3.63) is 72.4 Å². The number of hydrogen-bond acceptors (Lipinski definition) is 5. The van der Waals surface area contributed by atoms with Crippen LogP contribution >= 0.6 is 0 Å². The average Bonchev–Trinajstić information content (AvgIpc) is 3.62. The lowest BCUT2D eigenvalue weighted by Gasteiger charge is -2.20. The molecule has 1 atom stereocenters. The molecule has 7 nitrogen and oxygen atoms in total. The monoisotopic (exact) mass is 470 g/mol. The number of rotatable bonds is 5. The molecule has 2 aliphatic heterocycles. The van der Waals surface area contributed by atoms with Gasteiger partial charge < -0.3 is 14.6 Å². The van der Waals surface area contributed by atoms with E-state index in [1.807, 2.05) is 11.6 Å². The highest BCUT2D eigenvalue weighted by molar-refractivity contribution is 5.82. The van der Waals surface area contributed by atoms with Crippen LogP contribution in [0.4, 0.5) is 10.1 Å². The molecule has 1 N–H and O–H groups in total. The van der Waals surface area contributed by atoms with Gasteiger partial charge in [-0.1, -0.05) is 12.1 Å². The molecule has 0 radical (unpaired) electrons. The molecule has 0 bridgehead atoms. The van der Waals surface area contributed by atoms with E-state index in [1.165, 1.54) is 23.4 Å². The highest BCUT2D eigenvalue weighted by Crippen LogP contribution is 2.35. The number of aliphatic hydroxyl groups excluding tert-OH is 1. The van der Waals surface area contributed by atoms with E-state index >= 15 is 0 Å². The molecular weight excluding hydrogens is 443 g/mol. The van der Waals surface area contributed by atoms with Crippen molar-refractivity contribution in [2.45, 2.75) is 19.9 Å². The van der Waals surface area contributed by atoms with Crippen LogP contribution in [0.5, 0.6) is 0 Å². The summed E-state index contributed by atoms with van der Waals surface area (Å²) in [6.07, 6.45) is 4.79. The molecule has 35 heavy (non-hydrogen) atoms. The molecule has 0 aliphatic carbocycles. The Labute approximate surface area is 203 Å². The van der Waals surface area contributed by atoms with Crippen molar-refractivity contribution in [3.8, 4) is 28.3 Å². The smallest absolute Gasteiger partial charge is 0.179 e. The minimum absolute atomic E-state index is 0.0236. The molecule has 2 aromatic heterocycles. The molecular formula is C27H27FN6O. The summed E-state index contributed by atoms with van der Waals surface area (Å²) in [6.45, 7) is 5.30. The third kappa shape index (κ3) is 4.04. The van der Waals surface area contributed by atoms with Gasteiger partial charge in [-0.15, -0.1) is 0 Å². The first kappa shape index (κ1) is 21.7. The lowest BCUT2D eigenvalue weighted by molar-refractivity contribution is 0.356. The van der Waals surface area contributed by atoms with Crippen molar-refractivity contribution in [3.63, 3.8) is 0 Å². The quantitative estimate of drug-likeness (QED) is 0.391. The standard InChI is InChI=1S/C27H27FN6O/c1-18(16-35)29-12-19-8-9-32(13-19)24-6-7-25-22(10-24)15-33-14-21(20-2-4-23(28)5-3-20)11-26(33)27-30-17-31-34(25)27/h2-7,10-11,14,17,19,35H,8-9,12-13,15-16H2,1H3/b29-18-/t19-/m0/s1. The van der Waals surface area contributed by atoms with Gasteiger partial charge in [-0.2, -0.15) is 5.10 Å². The number of aromatic nitrogens is 4. The van der Waals surface area contributed by atoms with Crippen LogP contribution in [0, 0.1) is 11.7 Å². The fraction of sp³-hybridized carbons (Fsp3) is 0.296. The van der Waals surface area contributed by atoms with Crippen LogP contribution in [-0.2, 0) is 6.54 Å². The van der Waals surface area contributed by atoms with Gasteiger partial charge in [0.25, 0.3) is 0 Å². The number of hydrogen-bond donors (Lipinski definition) is 1. The zero-order chi connectivity index (χ0) is 23.9. The zero-order valence-electron chi connectivity index (χ0n) is 19.6. The molecule has 4 aromatic rings. The number of halogens is 1. The summed E-state index contributed by atoms with van der Waals surface area (Å²) >= 11 is 0. The number of anilines is 1. The lowest BCUT2D eigenvalue weighted by atomic mass is 10.1. The van der Waals surface area contributed by atoms with Crippen molar-refractivity contribution in [2.24, 2.45) is 10.9 Å². The summed E-state index contributed by atoms with van der Waals surface area (Å²) < 4.78 is 17.6. The Kier molecular flexibility index (Phi) is 5.45. The second-order valence-electron chi connectivity index (χ2n) is 9.39. The van der Waals surface area contributed by atoms with Crippen LogP contribution in [0.15, 0.2) is 66.0 Å². The minimum Gasteiger partial charge on any atom is -0.390 e. The van der Waals surface area contributed by atoms with Crippen LogP contribution in [0.2, 0.25) is 0 Å². The second kappa shape index (κ2) is 8.78. The Morgan fingerprint density at radius 2 is 2.00 bits per heavy atom. The van der Waals surface area contributed by atoms with Gasteiger partial charge in [0, 0.05) is 49.3 Å². The molecule has 6 rings (SSSR count). The Morgan fingerprint density at radius 1 is 1.14 bits per heavy atom. The van der Waals surface area contributed by atoms with Gasteiger partial charge in [-0.3, -0.25) is 4.99 Å². The van der Waals surface area contributed by atoms with Gasteiger partial charge in [0.1, 0.15) is 12.1 Å². The van der Waals surface area contributed by atoms with Crippen LogP contribution in [0.25, 0.3) is 28.3 Å². The van der Waals surface area contributed by atoms with Crippen molar-refractivity contribution in [2.75, 3.05) is 31.1 Å². The predicted octanol–water partition coefficient (Wildman–Crippen LogP) is 4.18. The summed E-state index contributed by atoms with van der Waals surface area (Å²) in [6, 6.07) is 15.2. The molecule has 8 heteroatoms. The average molecular weight is 471 g/mol. The highest BCUT2D eigenvalue weighted by Gasteiger charge is 2.26. The molecule has 4 heterocycles. The molecule has 178 valence electrons. The van der Waals surface area contributed by atoms with Crippen LogP contribution in [0.3, 0.4) is 0 Å². The van der Waals surface area contributed by atoms with E-state index in [4.69, 9.17) is 0 Å². The van der Waals surface area contributed by atoms with Crippen molar-refractivity contribution >= 4 is 11.4 Å². The van der Waals surface area contributed by atoms with E-state index in [0.717, 1.165) is 60.1 Å². The van der Waals surface area contributed by atoms with E-state index in [-0.39, 0.29) is 12.4 Å².